The van der Waals surface area contributed by atoms with E-state index in [1.165, 1.54) is 19.3 Å². The summed E-state index contributed by atoms with van der Waals surface area (Å²) in [6.45, 7) is 6.84. The molecule has 5 heteroatoms. The maximum Gasteiger partial charge on any atom is 0.228 e. The number of hydrogen-bond acceptors (Lipinski definition) is 3. The molecular formula is C29H34N4O. The normalized spacial score (nSPS) is 37.6. The number of amides is 1. The van der Waals surface area contributed by atoms with Crippen LogP contribution in [0.15, 0.2) is 36.7 Å². The minimum Gasteiger partial charge on any atom is -0.328 e. The smallest absolute Gasteiger partial charge is 0.228 e. The van der Waals surface area contributed by atoms with E-state index >= 15 is 0 Å². The molecule has 4 aliphatic rings. The van der Waals surface area contributed by atoms with Gasteiger partial charge in [-0.05, 0) is 92.4 Å². The topological polar surface area (TPSA) is 70.7 Å². The van der Waals surface area contributed by atoms with Gasteiger partial charge in [0.25, 0.3) is 0 Å². The summed E-state index contributed by atoms with van der Waals surface area (Å²) in [5.74, 6) is 3.11. The highest BCUT2D eigenvalue weighted by atomic mass is 16.1. The second-order valence-electron chi connectivity index (χ2n) is 11.7. The molecule has 5 nitrogen and oxygen atoms in total. The third-order valence-electron chi connectivity index (χ3n) is 10.2. The van der Waals surface area contributed by atoms with Gasteiger partial charge in [0.05, 0.1) is 11.3 Å². The predicted molar refractivity (Wildman–Crippen MR) is 133 cm³/mol. The Balaban J connectivity index is 1.25. The number of nitriles is 1. The molecule has 3 aliphatic carbocycles. The molecule has 0 spiro atoms. The fourth-order valence-corrected chi connectivity index (χ4v) is 8.53. The van der Waals surface area contributed by atoms with E-state index in [1.54, 1.807) is 6.07 Å². The number of fused-ring (bicyclic) bond motifs is 7. The number of carbonyl (C=O) groups excluding carboxylic acids is 1. The average molecular weight is 455 g/mol. The van der Waals surface area contributed by atoms with Crippen LogP contribution in [0.1, 0.15) is 75.4 Å². The standard InChI is InChI=1S/C29H34N4O/c1-18-4-5-19(17-30)24(16-18)32-27(34)23-8-7-21-20-6-9-25-29(3,22(20)10-12-28(21,23)2)13-11-26-31-14-15-33(25)26/h4-5,11,13-16,20-23,25H,6-10,12H2,1-3H3,(H,32,34)/t20-,21-,22-,23+,25?,28-,29+/m0/s1. The number of carbonyl (C=O) groups is 1. The Labute approximate surface area is 202 Å². The lowest BCUT2D eigenvalue weighted by molar-refractivity contribution is -0.127. The molecule has 7 atom stereocenters. The Morgan fingerprint density at radius 2 is 2.03 bits per heavy atom. The summed E-state index contributed by atoms with van der Waals surface area (Å²) in [5, 5.41) is 12.7. The Morgan fingerprint density at radius 3 is 2.85 bits per heavy atom. The van der Waals surface area contributed by atoms with Crippen molar-refractivity contribution in [3.05, 3.63) is 53.6 Å². The molecule has 1 aliphatic heterocycles. The Morgan fingerprint density at radius 1 is 1.18 bits per heavy atom. The van der Waals surface area contributed by atoms with Crippen LogP contribution in [0.4, 0.5) is 5.69 Å². The minimum absolute atomic E-state index is 0.0122. The van der Waals surface area contributed by atoms with Crippen LogP contribution < -0.4 is 5.32 Å². The largest absolute Gasteiger partial charge is 0.328 e. The van der Waals surface area contributed by atoms with Gasteiger partial charge in [-0.1, -0.05) is 26.0 Å². The molecule has 6 rings (SSSR count). The summed E-state index contributed by atoms with van der Waals surface area (Å²) in [6.07, 6.45) is 15.6. The van der Waals surface area contributed by atoms with E-state index in [1.807, 2.05) is 25.3 Å². The van der Waals surface area contributed by atoms with Crippen molar-refractivity contribution >= 4 is 17.7 Å². The second-order valence-corrected chi connectivity index (χ2v) is 11.7. The van der Waals surface area contributed by atoms with Crippen LogP contribution >= 0.6 is 0 Å². The van der Waals surface area contributed by atoms with E-state index in [4.69, 9.17) is 0 Å². The van der Waals surface area contributed by atoms with Gasteiger partial charge in [0.15, 0.2) is 0 Å². The van der Waals surface area contributed by atoms with E-state index in [2.05, 4.69) is 53.1 Å². The highest BCUT2D eigenvalue weighted by Gasteiger charge is 2.61. The quantitative estimate of drug-likeness (QED) is 0.593. The molecule has 1 N–H and O–H groups in total. The summed E-state index contributed by atoms with van der Waals surface area (Å²) < 4.78 is 2.41. The van der Waals surface area contributed by atoms with E-state index < -0.39 is 0 Å². The van der Waals surface area contributed by atoms with Gasteiger partial charge in [0.1, 0.15) is 11.9 Å². The molecule has 1 amide bonds. The molecular weight excluding hydrogens is 420 g/mol. The van der Waals surface area contributed by atoms with Crippen molar-refractivity contribution in [1.82, 2.24) is 9.55 Å². The number of anilines is 1. The molecule has 34 heavy (non-hydrogen) atoms. The van der Waals surface area contributed by atoms with Crippen LogP contribution in [0, 0.1) is 52.8 Å². The zero-order valence-electron chi connectivity index (χ0n) is 20.4. The van der Waals surface area contributed by atoms with Gasteiger partial charge in [-0.3, -0.25) is 4.79 Å². The zero-order valence-corrected chi connectivity index (χ0v) is 20.4. The first-order valence-corrected chi connectivity index (χ1v) is 12.9. The molecule has 3 saturated carbocycles. The number of aromatic nitrogens is 2. The highest BCUT2D eigenvalue weighted by Crippen LogP contribution is 2.67. The molecule has 1 unspecified atom stereocenters. The number of aryl methyl sites for hydroxylation is 1. The van der Waals surface area contributed by atoms with Crippen molar-refractivity contribution in [2.24, 2.45) is 34.5 Å². The van der Waals surface area contributed by atoms with Crippen molar-refractivity contribution in [2.45, 2.75) is 65.3 Å². The summed E-state index contributed by atoms with van der Waals surface area (Å²) in [5.41, 5.74) is 2.43. The van der Waals surface area contributed by atoms with Crippen LogP contribution in [0.25, 0.3) is 6.08 Å². The molecule has 0 saturated heterocycles. The van der Waals surface area contributed by atoms with Crippen LogP contribution in [-0.4, -0.2) is 15.5 Å². The molecule has 1 aromatic heterocycles. The minimum atomic E-state index is 0.0122. The molecule has 2 heterocycles. The van der Waals surface area contributed by atoms with Gasteiger partial charge in [-0.25, -0.2) is 4.98 Å². The lowest BCUT2D eigenvalue weighted by Crippen LogP contribution is -2.53. The highest BCUT2D eigenvalue weighted by molar-refractivity contribution is 5.94. The third kappa shape index (κ3) is 2.97. The average Bonchev–Trinajstić information content (AvgIpc) is 3.43. The lowest BCUT2D eigenvalue weighted by atomic mass is 9.48. The maximum absolute atomic E-state index is 13.6. The molecule has 176 valence electrons. The number of benzene rings is 1. The second kappa shape index (κ2) is 7.57. The Kier molecular flexibility index (Phi) is 4.82. The predicted octanol–water partition coefficient (Wildman–Crippen LogP) is 6.13. The van der Waals surface area contributed by atoms with Crippen molar-refractivity contribution in [3.8, 4) is 6.07 Å². The van der Waals surface area contributed by atoms with Crippen LogP contribution in [-0.2, 0) is 4.79 Å². The number of nitrogens with one attached hydrogen (secondary N) is 1. The first-order valence-electron chi connectivity index (χ1n) is 12.9. The maximum atomic E-state index is 13.6. The molecule has 2 aromatic rings. The summed E-state index contributed by atoms with van der Waals surface area (Å²) in [6, 6.07) is 8.37. The van der Waals surface area contributed by atoms with Crippen molar-refractivity contribution < 1.29 is 4.79 Å². The number of rotatable bonds is 2. The van der Waals surface area contributed by atoms with Gasteiger partial charge >= 0.3 is 0 Å². The first kappa shape index (κ1) is 21.6. The van der Waals surface area contributed by atoms with Gasteiger partial charge in [-0.2, -0.15) is 5.26 Å². The SMILES string of the molecule is Cc1ccc(C#N)c(NC(=O)[C@H]2CC[C@H]3[C@@H]4CCC5n6ccnc6C=C[C@]5(C)[C@H]4CC[C@]23C)c1. The van der Waals surface area contributed by atoms with Gasteiger partial charge < -0.3 is 9.88 Å². The fourth-order valence-electron chi connectivity index (χ4n) is 8.53. The monoisotopic (exact) mass is 454 g/mol. The van der Waals surface area contributed by atoms with Crippen LogP contribution in [0.2, 0.25) is 0 Å². The van der Waals surface area contributed by atoms with Gasteiger partial charge in [0.2, 0.25) is 5.91 Å². The lowest BCUT2D eigenvalue weighted by Gasteiger charge is -2.59. The van der Waals surface area contributed by atoms with E-state index in [0.717, 1.165) is 30.7 Å². The summed E-state index contributed by atoms with van der Waals surface area (Å²) in [4.78, 5) is 18.1. The molecule has 1 aromatic carbocycles. The van der Waals surface area contributed by atoms with Crippen molar-refractivity contribution in [1.29, 1.82) is 5.26 Å². The van der Waals surface area contributed by atoms with E-state index in [-0.39, 0.29) is 22.7 Å². The molecule has 3 fully saturated rings. The number of hydrogen-bond donors (Lipinski definition) is 1. The first-order chi connectivity index (χ1) is 16.3. The van der Waals surface area contributed by atoms with Crippen LogP contribution in [0.3, 0.4) is 0 Å². The number of imidazole rings is 1. The summed E-state index contributed by atoms with van der Waals surface area (Å²) >= 11 is 0. The Hall–Kier alpha value is -2.87. The number of nitrogens with zero attached hydrogens (tertiary/aromatic N) is 3. The van der Waals surface area contributed by atoms with Crippen molar-refractivity contribution in [3.63, 3.8) is 0 Å². The van der Waals surface area contributed by atoms with Gasteiger partial charge in [-0.15, -0.1) is 0 Å². The van der Waals surface area contributed by atoms with Gasteiger partial charge in [0, 0.05) is 29.8 Å². The fraction of sp³-hybridized carbons (Fsp3) is 0.552. The molecule has 0 bridgehead atoms. The Bertz CT molecular complexity index is 1220. The van der Waals surface area contributed by atoms with Crippen molar-refractivity contribution in [2.75, 3.05) is 5.32 Å². The third-order valence-corrected chi connectivity index (χ3v) is 10.2. The number of allylic oxidation sites excluding steroid dienone is 1. The van der Waals surface area contributed by atoms with Crippen LogP contribution in [0.5, 0.6) is 0 Å². The molecule has 0 radical (unpaired) electrons. The van der Waals surface area contributed by atoms with E-state index in [9.17, 15) is 10.1 Å². The van der Waals surface area contributed by atoms with E-state index in [0.29, 0.717) is 35.0 Å². The zero-order chi connectivity index (χ0) is 23.7. The summed E-state index contributed by atoms with van der Waals surface area (Å²) in [7, 11) is 0.